The Morgan fingerprint density at radius 2 is 1.92 bits per heavy atom. The van der Waals surface area contributed by atoms with Crippen molar-refractivity contribution in [3.8, 4) is 5.75 Å². The van der Waals surface area contributed by atoms with Crippen LogP contribution in [0, 0.1) is 13.8 Å². The summed E-state index contributed by atoms with van der Waals surface area (Å²) in [5, 5.41) is 9.76. The maximum absolute atomic E-state index is 12.1. The van der Waals surface area contributed by atoms with Crippen molar-refractivity contribution in [2.45, 2.75) is 46.1 Å². The predicted molar refractivity (Wildman–Crippen MR) is 97.0 cm³/mol. The highest BCUT2D eigenvalue weighted by Gasteiger charge is 2.18. The summed E-state index contributed by atoms with van der Waals surface area (Å²) in [5.74, 6) is 1.94. The average Bonchev–Trinajstić information content (AvgIpc) is 2.93. The Hall–Kier alpha value is -2.50. The highest BCUT2D eigenvalue weighted by molar-refractivity contribution is 5.74. The summed E-state index contributed by atoms with van der Waals surface area (Å²) in [4.78, 5) is 12.1. The second-order valence-corrected chi connectivity index (χ2v) is 6.32. The number of carbonyl (C=O) groups excluding carboxylic acids is 1. The van der Waals surface area contributed by atoms with E-state index in [9.17, 15) is 4.79 Å². The number of methoxy groups -OCH3 is 1. The van der Waals surface area contributed by atoms with Crippen LogP contribution in [0.3, 0.4) is 0 Å². The summed E-state index contributed by atoms with van der Waals surface area (Å²) < 4.78 is 10.3. The Labute approximate surface area is 148 Å². The van der Waals surface area contributed by atoms with Crippen LogP contribution in [0.15, 0.2) is 28.8 Å². The maximum Gasteiger partial charge on any atom is 0.315 e. The van der Waals surface area contributed by atoms with Crippen LogP contribution < -0.4 is 15.4 Å². The lowest BCUT2D eigenvalue weighted by atomic mass is 9.98. The van der Waals surface area contributed by atoms with Gasteiger partial charge < -0.3 is 19.9 Å². The Bertz CT molecular complexity index is 675. The molecule has 0 spiro atoms. The van der Waals surface area contributed by atoms with Gasteiger partial charge >= 0.3 is 6.03 Å². The molecule has 2 rings (SSSR count). The predicted octanol–water partition coefficient (Wildman–Crippen LogP) is 3.85. The summed E-state index contributed by atoms with van der Waals surface area (Å²) in [6, 6.07) is 7.69. The third-order valence-corrected chi connectivity index (χ3v) is 4.42. The van der Waals surface area contributed by atoms with Gasteiger partial charge in [0.1, 0.15) is 11.5 Å². The van der Waals surface area contributed by atoms with E-state index < -0.39 is 0 Å². The number of aryl methyl sites for hydroxylation is 2. The largest absolute Gasteiger partial charge is 0.497 e. The molecule has 0 aliphatic rings. The van der Waals surface area contributed by atoms with Gasteiger partial charge in [-0.1, -0.05) is 24.2 Å². The van der Waals surface area contributed by atoms with Crippen molar-refractivity contribution in [3.63, 3.8) is 0 Å². The topological polar surface area (TPSA) is 76.4 Å². The fourth-order valence-electron chi connectivity index (χ4n) is 2.93. The Morgan fingerprint density at radius 1 is 1.24 bits per heavy atom. The minimum atomic E-state index is -0.186. The summed E-state index contributed by atoms with van der Waals surface area (Å²) in [7, 11) is 1.66. The van der Waals surface area contributed by atoms with Crippen LogP contribution in [0.4, 0.5) is 4.79 Å². The van der Waals surface area contributed by atoms with E-state index in [1.54, 1.807) is 7.11 Å². The third-order valence-electron chi connectivity index (χ3n) is 4.42. The number of nitrogens with one attached hydrogen (secondary N) is 2. The normalized spacial score (nSPS) is 13.2. The van der Waals surface area contributed by atoms with Gasteiger partial charge in [-0.05, 0) is 50.8 Å². The fraction of sp³-hybridized carbons (Fsp3) is 0.474. The molecule has 2 aromatic rings. The number of nitrogens with zero attached hydrogens (tertiary/aromatic N) is 1. The van der Waals surface area contributed by atoms with Crippen molar-refractivity contribution in [3.05, 3.63) is 46.8 Å². The van der Waals surface area contributed by atoms with Gasteiger partial charge in [0.25, 0.3) is 0 Å². The first-order valence-electron chi connectivity index (χ1n) is 8.53. The molecule has 0 saturated heterocycles. The van der Waals surface area contributed by atoms with Crippen LogP contribution in [0.5, 0.6) is 5.75 Å². The van der Waals surface area contributed by atoms with Crippen molar-refractivity contribution >= 4 is 6.03 Å². The van der Waals surface area contributed by atoms with Crippen LogP contribution in [0.1, 0.15) is 54.8 Å². The number of hydrogen-bond donors (Lipinski definition) is 2. The molecular formula is C19H27N3O3. The van der Waals surface area contributed by atoms with Crippen LogP contribution in [-0.4, -0.2) is 24.8 Å². The lowest BCUT2D eigenvalue weighted by Gasteiger charge is -2.16. The quantitative estimate of drug-likeness (QED) is 0.799. The summed E-state index contributed by atoms with van der Waals surface area (Å²) in [6.07, 6.45) is 0.861. The molecule has 6 heteroatoms. The number of ether oxygens (including phenoxy) is 1. The minimum Gasteiger partial charge on any atom is -0.497 e. The zero-order valence-electron chi connectivity index (χ0n) is 15.6. The Balaban J connectivity index is 1.78. The molecule has 25 heavy (non-hydrogen) atoms. The Kier molecular flexibility index (Phi) is 6.44. The van der Waals surface area contributed by atoms with Crippen LogP contribution >= 0.6 is 0 Å². The number of urea groups is 1. The molecule has 2 amide bonds. The number of benzene rings is 1. The van der Waals surface area contributed by atoms with E-state index in [2.05, 4.69) is 34.8 Å². The lowest BCUT2D eigenvalue weighted by Crippen LogP contribution is -2.38. The van der Waals surface area contributed by atoms with E-state index in [0.717, 1.165) is 29.2 Å². The molecule has 1 aromatic heterocycles. The molecule has 0 saturated carbocycles. The van der Waals surface area contributed by atoms with Crippen molar-refractivity contribution in [2.24, 2.45) is 0 Å². The molecule has 0 bridgehead atoms. The monoisotopic (exact) mass is 345 g/mol. The van der Waals surface area contributed by atoms with Gasteiger partial charge in [-0.25, -0.2) is 4.79 Å². The second-order valence-electron chi connectivity index (χ2n) is 6.32. The van der Waals surface area contributed by atoms with Crippen molar-refractivity contribution in [2.75, 3.05) is 13.7 Å². The Morgan fingerprint density at radius 3 is 2.48 bits per heavy atom. The summed E-state index contributed by atoms with van der Waals surface area (Å²) in [5.41, 5.74) is 2.97. The lowest BCUT2D eigenvalue weighted by molar-refractivity contribution is 0.237. The molecule has 1 aromatic carbocycles. The molecule has 0 fully saturated rings. The number of aromatic nitrogens is 1. The van der Waals surface area contributed by atoms with Gasteiger partial charge in [0.2, 0.25) is 0 Å². The highest BCUT2D eigenvalue weighted by Crippen LogP contribution is 2.22. The van der Waals surface area contributed by atoms with Gasteiger partial charge in [0, 0.05) is 12.1 Å². The van der Waals surface area contributed by atoms with Crippen molar-refractivity contribution < 1.29 is 14.1 Å². The zero-order chi connectivity index (χ0) is 18.4. The standard InChI is InChI=1S/C19H27N3O3/c1-12(16-6-8-17(24-5)9-7-16)10-11-20-19(23)21-13(2)18-14(3)22-25-15(18)4/h6-9,12-13H,10-11H2,1-5H3,(H2,20,21,23)/t12-,13-/m1/s1. The van der Waals surface area contributed by atoms with Gasteiger partial charge in [-0.2, -0.15) is 0 Å². The highest BCUT2D eigenvalue weighted by atomic mass is 16.5. The first-order valence-corrected chi connectivity index (χ1v) is 8.53. The average molecular weight is 345 g/mol. The smallest absolute Gasteiger partial charge is 0.315 e. The van der Waals surface area contributed by atoms with Gasteiger partial charge in [-0.3, -0.25) is 0 Å². The molecule has 0 aliphatic carbocycles. The molecule has 1 heterocycles. The van der Waals surface area contributed by atoms with Crippen molar-refractivity contribution in [1.82, 2.24) is 15.8 Å². The maximum atomic E-state index is 12.1. The fourth-order valence-corrected chi connectivity index (χ4v) is 2.93. The third kappa shape index (κ3) is 4.98. The molecule has 2 N–H and O–H groups in total. The van der Waals surface area contributed by atoms with E-state index in [4.69, 9.17) is 9.26 Å². The molecule has 136 valence electrons. The van der Waals surface area contributed by atoms with Gasteiger partial charge in [-0.15, -0.1) is 0 Å². The van der Waals surface area contributed by atoms with Crippen molar-refractivity contribution in [1.29, 1.82) is 0 Å². The van der Waals surface area contributed by atoms with Crippen LogP contribution in [0.25, 0.3) is 0 Å². The molecule has 6 nitrogen and oxygen atoms in total. The van der Waals surface area contributed by atoms with E-state index in [1.165, 1.54) is 5.56 Å². The second kappa shape index (κ2) is 8.55. The number of hydrogen-bond acceptors (Lipinski definition) is 4. The number of rotatable bonds is 7. The van der Waals surface area contributed by atoms with E-state index in [-0.39, 0.29) is 12.1 Å². The van der Waals surface area contributed by atoms with Crippen LogP contribution in [0.2, 0.25) is 0 Å². The minimum absolute atomic E-state index is 0.148. The van der Waals surface area contributed by atoms with E-state index in [0.29, 0.717) is 12.5 Å². The van der Waals surface area contributed by atoms with E-state index >= 15 is 0 Å². The molecule has 0 aliphatic heterocycles. The molecule has 2 atom stereocenters. The number of amides is 2. The van der Waals surface area contributed by atoms with Gasteiger partial charge in [0.05, 0.1) is 18.8 Å². The first kappa shape index (κ1) is 18.8. The summed E-state index contributed by atoms with van der Waals surface area (Å²) >= 11 is 0. The first-order chi connectivity index (χ1) is 11.9. The summed E-state index contributed by atoms with van der Waals surface area (Å²) in [6.45, 7) is 8.40. The molecular weight excluding hydrogens is 318 g/mol. The van der Waals surface area contributed by atoms with Gasteiger partial charge in [0.15, 0.2) is 0 Å². The number of carbonyl (C=O) groups is 1. The SMILES string of the molecule is COc1ccc([C@H](C)CCNC(=O)N[C@H](C)c2c(C)noc2C)cc1. The molecule has 0 unspecified atom stereocenters. The van der Waals surface area contributed by atoms with E-state index in [1.807, 2.05) is 32.9 Å². The zero-order valence-corrected chi connectivity index (χ0v) is 15.6. The molecule has 0 radical (unpaired) electrons. The van der Waals surface area contributed by atoms with Crippen LogP contribution in [-0.2, 0) is 0 Å².